The van der Waals surface area contributed by atoms with Gasteiger partial charge in [0.2, 0.25) is 0 Å². The van der Waals surface area contributed by atoms with Gasteiger partial charge >= 0.3 is 5.97 Å². The van der Waals surface area contributed by atoms with Crippen LogP contribution in [-0.4, -0.2) is 23.3 Å². The molecule has 0 saturated carbocycles. The number of hydrogen-bond donors (Lipinski definition) is 1. The summed E-state index contributed by atoms with van der Waals surface area (Å²) in [5.74, 6) is -0.399. The fourth-order valence-corrected chi connectivity index (χ4v) is 0.981. The maximum atomic E-state index is 11.5. The molecule has 0 unspecified atom stereocenters. The number of carbonyl (C=O) groups excluding carboxylic acids is 1. The zero-order chi connectivity index (χ0) is 11.3. The topological polar surface area (TPSA) is 46.5 Å². The number of esters is 1. The Morgan fingerprint density at radius 3 is 2.53 bits per heavy atom. The first-order chi connectivity index (χ1) is 7.05. The van der Waals surface area contributed by atoms with Crippen LogP contribution in [0.1, 0.15) is 30.6 Å². The van der Waals surface area contributed by atoms with Crippen molar-refractivity contribution in [1.29, 1.82) is 0 Å². The Morgan fingerprint density at radius 2 is 2.00 bits per heavy atom. The second kappa shape index (κ2) is 4.94. The van der Waals surface area contributed by atoms with Crippen molar-refractivity contribution in [2.45, 2.75) is 25.9 Å². The highest BCUT2D eigenvalue weighted by Crippen LogP contribution is 2.10. The molecule has 0 aliphatic heterocycles. The number of aliphatic hydroxyl groups is 1. The van der Waals surface area contributed by atoms with Crippen LogP contribution in [0.2, 0.25) is 0 Å². The molecule has 82 valence electrons. The molecule has 1 aromatic carbocycles. The van der Waals surface area contributed by atoms with Gasteiger partial charge in [-0.1, -0.05) is 25.1 Å². The van der Waals surface area contributed by atoms with Crippen molar-refractivity contribution < 1.29 is 14.6 Å². The Balaban J connectivity index is 2.51. The van der Waals surface area contributed by atoms with Crippen molar-refractivity contribution in [1.82, 2.24) is 0 Å². The molecule has 0 radical (unpaired) electrons. The predicted octanol–water partition coefficient (Wildman–Crippen LogP) is 2.00. The normalized spacial score (nSPS) is 14.3. The third-order valence-electron chi connectivity index (χ3n) is 2.29. The molecule has 1 rings (SSSR count). The van der Waals surface area contributed by atoms with Crippen LogP contribution in [0.15, 0.2) is 30.3 Å². The predicted molar refractivity (Wildman–Crippen MR) is 57.6 cm³/mol. The lowest BCUT2D eigenvalue weighted by atomic mass is 10.1. The van der Waals surface area contributed by atoms with Crippen molar-refractivity contribution >= 4 is 5.97 Å². The van der Waals surface area contributed by atoms with E-state index in [4.69, 9.17) is 4.74 Å². The van der Waals surface area contributed by atoms with E-state index in [0.717, 1.165) is 0 Å². The summed E-state index contributed by atoms with van der Waals surface area (Å²) in [6.07, 6.45) is 0.551. The van der Waals surface area contributed by atoms with E-state index in [2.05, 4.69) is 0 Å². The van der Waals surface area contributed by atoms with E-state index < -0.39 is 11.6 Å². The summed E-state index contributed by atoms with van der Waals surface area (Å²) in [5, 5.41) is 9.64. The second-order valence-electron chi connectivity index (χ2n) is 3.79. The summed E-state index contributed by atoms with van der Waals surface area (Å²) >= 11 is 0. The van der Waals surface area contributed by atoms with Gasteiger partial charge in [0.05, 0.1) is 11.2 Å². The maximum absolute atomic E-state index is 11.5. The lowest BCUT2D eigenvalue weighted by Gasteiger charge is -2.20. The molecule has 0 aliphatic carbocycles. The van der Waals surface area contributed by atoms with Gasteiger partial charge in [0.25, 0.3) is 0 Å². The van der Waals surface area contributed by atoms with E-state index in [1.54, 1.807) is 31.2 Å². The van der Waals surface area contributed by atoms with Crippen LogP contribution in [0.3, 0.4) is 0 Å². The fourth-order valence-electron chi connectivity index (χ4n) is 0.981. The van der Waals surface area contributed by atoms with Gasteiger partial charge in [0.1, 0.15) is 6.61 Å². The molecule has 1 aromatic rings. The van der Waals surface area contributed by atoms with E-state index in [1.165, 1.54) is 0 Å². The molecule has 0 heterocycles. The Kier molecular flexibility index (Phi) is 3.86. The summed E-state index contributed by atoms with van der Waals surface area (Å²) in [5.41, 5.74) is -0.436. The first kappa shape index (κ1) is 11.7. The lowest BCUT2D eigenvalue weighted by Crippen LogP contribution is -2.30. The van der Waals surface area contributed by atoms with Crippen LogP contribution in [0.25, 0.3) is 0 Å². The number of hydrogen-bond acceptors (Lipinski definition) is 3. The molecule has 0 aromatic heterocycles. The van der Waals surface area contributed by atoms with E-state index >= 15 is 0 Å². The van der Waals surface area contributed by atoms with Crippen LogP contribution in [0.4, 0.5) is 0 Å². The Morgan fingerprint density at radius 1 is 1.40 bits per heavy atom. The van der Waals surface area contributed by atoms with Gasteiger partial charge < -0.3 is 9.84 Å². The zero-order valence-electron chi connectivity index (χ0n) is 9.06. The SMILES string of the molecule is CC[C@](C)(O)COC(=O)c1ccccc1. The molecule has 1 N–H and O–H groups in total. The van der Waals surface area contributed by atoms with Crippen molar-refractivity contribution in [2.75, 3.05) is 6.61 Å². The zero-order valence-corrected chi connectivity index (χ0v) is 9.06. The quantitative estimate of drug-likeness (QED) is 0.770. The molecule has 3 nitrogen and oxygen atoms in total. The summed E-state index contributed by atoms with van der Waals surface area (Å²) in [6, 6.07) is 8.74. The Hall–Kier alpha value is -1.35. The van der Waals surface area contributed by atoms with Gasteiger partial charge in [0.15, 0.2) is 0 Å². The molecule has 0 spiro atoms. The minimum absolute atomic E-state index is 0.0250. The highest BCUT2D eigenvalue weighted by molar-refractivity contribution is 5.89. The molecular weight excluding hydrogens is 192 g/mol. The average molecular weight is 208 g/mol. The summed E-state index contributed by atoms with van der Waals surface area (Å²) < 4.78 is 4.99. The van der Waals surface area contributed by atoms with Crippen molar-refractivity contribution in [3.8, 4) is 0 Å². The molecule has 0 aliphatic rings. The molecule has 0 amide bonds. The van der Waals surface area contributed by atoms with Gasteiger partial charge in [-0.3, -0.25) is 0 Å². The molecule has 3 heteroatoms. The molecule has 0 saturated heterocycles. The minimum Gasteiger partial charge on any atom is -0.459 e. The van der Waals surface area contributed by atoms with Gasteiger partial charge in [-0.15, -0.1) is 0 Å². The molecule has 15 heavy (non-hydrogen) atoms. The van der Waals surface area contributed by atoms with Crippen LogP contribution >= 0.6 is 0 Å². The van der Waals surface area contributed by atoms with Gasteiger partial charge in [-0.25, -0.2) is 4.79 Å². The number of carbonyl (C=O) groups is 1. The highest BCUT2D eigenvalue weighted by Gasteiger charge is 2.20. The van der Waals surface area contributed by atoms with E-state index in [-0.39, 0.29) is 6.61 Å². The molecular formula is C12H16O3. The van der Waals surface area contributed by atoms with Gasteiger partial charge in [-0.2, -0.15) is 0 Å². The fraction of sp³-hybridized carbons (Fsp3) is 0.417. The summed E-state index contributed by atoms with van der Waals surface area (Å²) in [4.78, 5) is 11.5. The minimum atomic E-state index is -0.940. The molecule has 0 bridgehead atoms. The first-order valence-corrected chi connectivity index (χ1v) is 5.00. The standard InChI is InChI=1S/C12H16O3/c1-3-12(2,14)9-15-11(13)10-7-5-4-6-8-10/h4-8,14H,3,9H2,1-2H3/t12-/m0/s1. The second-order valence-corrected chi connectivity index (χ2v) is 3.79. The van der Waals surface area contributed by atoms with Crippen molar-refractivity contribution in [3.05, 3.63) is 35.9 Å². The number of ether oxygens (including phenoxy) is 1. The average Bonchev–Trinajstić information content (AvgIpc) is 2.27. The highest BCUT2D eigenvalue weighted by atomic mass is 16.5. The van der Waals surface area contributed by atoms with Crippen molar-refractivity contribution in [2.24, 2.45) is 0 Å². The largest absolute Gasteiger partial charge is 0.459 e. The Bertz CT molecular complexity index is 317. The monoisotopic (exact) mass is 208 g/mol. The van der Waals surface area contributed by atoms with Crippen LogP contribution in [0.5, 0.6) is 0 Å². The first-order valence-electron chi connectivity index (χ1n) is 5.00. The smallest absolute Gasteiger partial charge is 0.338 e. The van der Waals surface area contributed by atoms with E-state index in [0.29, 0.717) is 12.0 Å². The van der Waals surface area contributed by atoms with Crippen LogP contribution < -0.4 is 0 Å². The summed E-state index contributed by atoms with van der Waals surface area (Å²) in [6.45, 7) is 3.51. The number of benzene rings is 1. The maximum Gasteiger partial charge on any atom is 0.338 e. The van der Waals surface area contributed by atoms with Gasteiger partial charge in [-0.05, 0) is 25.5 Å². The summed E-state index contributed by atoms with van der Waals surface area (Å²) in [7, 11) is 0. The van der Waals surface area contributed by atoms with Gasteiger partial charge in [0, 0.05) is 0 Å². The molecule has 0 fully saturated rings. The number of rotatable bonds is 4. The Labute approximate surface area is 89.7 Å². The third kappa shape index (κ3) is 3.72. The molecule has 1 atom stereocenters. The lowest BCUT2D eigenvalue weighted by molar-refractivity contribution is -0.0226. The third-order valence-corrected chi connectivity index (χ3v) is 2.29. The van der Waals surface area contributed by atoms with E-state index in [1.807, 2.05) is 13.0 Å². The van der Waals surface area contributed by atoms with E-state index in [9.17, 15) is 9.90 Å². The van der Waals surface area contributed by atoms with Crippen LogP contribution in [-0.2, 0) is 4.74 Å². The van der Waals surface area contributed by atoms with Crippen molar-refractivity contribution in [3.63, 3.8) is 0 Å². The van der Waals surface area contributed by atoms with Crippen LogP contribution in [0, 0.1) is 0 Å².